The van der Waals surface area contributed by atoms with E-state index in [1.165, 1.54) is 69.8 Å². The Morgan fingerprint density at radius 1 is 0.875 bits per heavy atom. The van der Waals surface area contributed by atoms with Crippen molar-refractivity contribution < 1.29 is 0 Å². The summed E-state index contributed by atoms with van der Waals surface area (Å²) in [4.78, 5) is 0. The van der Waals surface area contributed by atoms with Gasteiger partial charge in [-0.15, -0.1) is 0 Å². The predicted molar refractivity (Wildman–Crippen MR) is 113 cm³/mol. The van der Waals surface area contributed by atoms with Gasteiger partial charge in [0.2, 0.25) is 0 Å². The Labute approximate surface area is 154 Å². The maximum Gasteiger partial charge on any atom is -0.0297 e. The van der Waals surface area contributed by atoms with Crippen LogP contribution in [-0.4, -0.2) is 0 Å². The SMILES string of the molecule is C=C(CCCC(C)(C)C)CC(C)CCCCC(C)C(C)(CC)CC. The van der Waals surface area contributed by atoms with Gasteiger partial charge < -0.3 is 0 Å². The van der Waals surface area contributed by atoms with E-state index in [1.54, 1.807) is 0 Å². The van der Waals surface area contributed by atoms with E-state index in [1.807, 2.05) is 0 Å². The van der Waals surface area contributed by atoms with Gasteiger partial charge in [-0.1, -0.05) is 106 Å². The van der Waals surface area contributed by atoms with E-state index < -0.39 is 0 Å². The zero-order valence-corrected chi connectivity index (χ0v) is 18.4. The van der Waals surface area contributed by atoms with E-state index in [0.717, 1.165) is 11.8 Å². The third-order valence-electron chi connectivity index (χ3n) is 6.48. The van der Waals surface area contributed by atoms with Crippen LogP contribution in [0.5, 0.6) is 0 Å². The predicted octanol–water partition coefficient (Wildman–Crippen LogP) is 8.81. The fraction of sp³-hybridized carbons (Fsp3) is 0.917. The minimum absolute atomic E-state index is 0.466. The van der Waals surface area contributed by atoms with Crippen LogP contribution < -0.4 is 0 Å². The summed E-state index contributed by atoms with van der Waals surface area (Å²) in [6, 6.07) is 0. The van der Waals surface area contributed by atoms with Gasteiger partial charge in [0.15, 0.2) is 0 Å². The lowest BCUT2D eigenvalue weighted by molar-refractivity contribution is 0.169. The molecule has 0 heteroatoms. The molecule has 0 bridgehead atoms. The first-order chi connectivity index (χ1) is 11.0. The highest BCUT2D eigenvalue weighted by molar-refractivity contribution is 4.95. The average Bonchev–Trinajstić information content (AvgIpc) is 2.49. The van der Waals surface area contributed by atoms with Crippen LogP contribution in [0.4, 0.5) is 0 Å². The first kappa shape index (κ1) is 23.7. The van der Waals surface area contributed by atoms with Crippen LogP contribution in [0.25, 0.3) is 0 Å². The fourth-order valence-electron chi connectivity index (χ4n) is 3.80. The summed E-state index contributed by atoms with van der Waals surface area (Å²) in [6.45, 7) is 23.4. The molecular formula is C24H48. The quantitative estimate of drug-likeness (QED) is 0.233. The van der Waals surface area contributed by atoms with Crippen LogP contribution in [0.2, 0.25) is 0 Å². The van der Waals surface area contributed by atoms with Gasteiger partial charge in [0.05, 0.1) is 0 Å². The Bertz CT molecular complexity index is 326. The number of unbranched alkanes of at least 4 members (excludes halogenated alkanes) is 1. The van der Waals surface area contributed by atoms with Crippen LogP contribution in [0.3, 0.4) is 0 Å². The highest BCUT2D eigenvalue weighted by Crippen LogP contribution is 2.37. The van der Waals surface area contributed by atoms with Crippen molar-refractivity contribution in [2.24, 2.45) is 22.7 Å². The van der Waals surface area contributed by atoms with Crippen LogP contribution in [0.15, 0.2) is 12.2 Å². The summed E-state index contributed by atoms with van der Waals surface area (Å²) in [5.41, 5.74) is 2.49. The second kappa shape index (κ2) is 11.4. The van der Waals surface area contributed by atoms with Crippen molar-refractivity contribution >= 4 is 0 Å². The van der Waals surface area contributed by atoms with Crippen LogP contribution >= 0.6 is 0 Å². The third-order valence-corrected chi connectivity index (χ3v) is 6.48. The molecule has 2 unspecified atom stereocenters. The third kappa shape index (κ3) is 10.6. The van der Waals surface area contributed by atoms with Gasteiger partial charge in [-0.25, -0.2) is 0 Å². The summed E-state index contributed by atoms with van der Waals surface area (Å²) in [5, 5.41) is 0. The Hall–Kier alpha value is -0.260. The molecule has 0 aliphatic heterocycles. The van der Waals surface area contributed by atoms with E-state index in [9.17, 15) is 0 Å². The number of hydrogen-bond acceptors (Lipinski definition) is 0. The summed E-state index contributed by atoms with van der Waals surface area (Å²) in [7, 11) is 0. The Kier molecular flexibility index (Phi) is 11.3. The highest BCUT2D eigenvalue weighted by atomic mass is 14.3. The first-order valence-corrected chi connectivity index (χ1v) is 10.7. The van der Waals surface area contributed by atoms with Crippen molar-refractivity contribution in [1.29, 1.82) is 0 Å². The van der Waals surface area contributed by atoms with Crippen molar-refractivity contribution in [2.45, 2.75) is 120 Å². The van der Waals surface area contributed by atoms with Crippen LogP contribution in [0, 0.1) is 22.7 Å². The largest absolute Gasteiger partial charge is 0.0999 e. The molecule has 144 valence electrons. The minimum Gasteiger partial charge on any atom is -0.0999 e. The zero-order valence-electron chi connectivity index (χ0n) is 18.4. The van der Waals surface area contributed by atoms with Crippen molar-refractivity contribution in [3.05, 3.63) is 12.2 Å². The Balaban J connectivity index is 3.86. The summed E-state index contributed by atoms with van der Waals surface area (Å²) in [6.07, 6.45) is 13.3. The van der Waals surface area contributed by atoms with Gasteiger partial charge in [-0.3, -0.25) is 0 Å². The molecule has 0 fully saturated rings. The first-order valence-electron chi connectivity index (χ1n) is 10.7. The van der Waals surface area contributed by atoms with Gasteiger partial charge in [0.1, 0.15) is 0 Å². The normalized spacial score (nSPS) is 15.3. The van der Waals surface area contributed by atoms with Crippen molar-refractivity contribution in [3.8, 4) is 0 Å². The van der Waals surface area contributed by atoms with Crippen molar-refractivity contribution in [3.63, 3.8) is 0 Å². The number of hydrogen-bond donors (Lipinski definition) is 0. The molecule has 0 aromatic carbocycles. The molecular weight excluding hydrogens is 288 g/mol. The summed E-state index contributed by atoms with van der Waals surface area (Å²) >= 11 is 0. The van der Waals surface area contributed by atoms with E-state index in [0.29, 0.717) is 10.8 Å². The lowest BCUT2D eigenvalue weighted by Gasteiger charge is -2.34. The maximum absolute atomic E-state index is 4.33. The molecule has 0 rings (SSSR count). The molecule has 0 N–H and O–H groups in total. The molecule has 0 amide bonds. The van der Waals surface area contributed by atoms with Gasteiger partial charge in [0.25, 0.3) is 0 Å². The zero-order chi connectivity index (χ0) is 18.8. The summed E-state index contributed by atoms with van der Waals surface area (Å²) < 4.78 is 0. The van der Waals surface area contributed by atoms with Gasteiger partial charge in [-0.2, -0.15) is 0 Å². The molecule has 0 aliphatic rings. The molecule has 0 nitrogen and oxygen atoms in total. The van der Waals surface area contributed by atoms with Crippen LogP contribution in [0.1, 0.15) is 120 Å². The van der Waals surface area contributed by atoms with Gasteiger partial charge >= 0.3 is 0 Å². The van der Waals surface area contributed by atoms with E-state index in [-0.39, 0.29) is 0 Å². The van der Waals surface area contributed by atoms with Crippen molar-refractivity contribution in [2.75, 3.05) is 0 Å². The van der Waals surface area contributed by atoms with Crippen molar-refractivity contribution in [1.82, 2.24) is 0 Å². The monoisotopic (exact) mass is 336 g/mol. The molecule has 0 spiro atoms. The van der Waals surface area contributed by atoms with Gasteiger partial charge in [0, 0.05) is 0 Å². The number of allylic oxidation sites excluding steroid dienone is 1. The van der Waals surface area contributed by atoms with E-state index in [4.69, 9.17) is 0 Å². The molecule has 0 heterocycles. The second-order valence-corrected chi connectivity index (χ2v) is 10.0. The molecule has 0 aliphatic carbocycles. The lowest BCUT2D eigenvalue weighted by Crippen LogP contribution is -2.23. The molecule has 24 heavy (non-hydrogen) atoms. The lowest BCUT2D eigenvalue weighted by atomic mass is 9.72. The topological polar surface area (TPSA) is 0 Å². The molecule has 0 saturated heterocycles. The second-order valence-electron chi connectivity index (χ2n) is 10.0. The fourth-order valence-corrected chi connectivity index (χ4v) is 3.80. The smallest absolute Gasteiger partial charge is 0.0297 e. The molecule has 0 aromatic rings. The summed E-state index contributed by atoms with van der Waals surface area (Å²) in [5.74, 6) is 1.67. The Morgan fingerprint density at radius 3 is 1.92 bits per heavy atom. The molecule has 0 aromatic heterocycles. The average molecular weight is 337 g/mol. The molecule has 0 radical (unpaired) electrons. The standard InChI is InChI=1S/C24H48/c1-10-24(9,11-2)22(5)17-13-12-15-20(3)19-21(4)16-14-18-23(6,7)8/h20,22H,4,10-19H2,1-3,5-9H3. The maximum atomic E-state index is 4.33. The minimum atomic E-state index is 0.466. The molecule has 0 saturated carbocycles. The highest BCUT2D eigenvalue weighted by Gasteiger charge is 2.26. The van der Waals surface area contributed by atoms with Gasteiger partial charge in [-0.05, 0) is 48.3 Å². The Morgan fingerprint density at radius 2 is 1.42 bits per heavy atom. The molecule has 2 atom stereocenters. The van der Waals surface area contributed by atoms with E-state index >= 15 is 0 Å². The number of rotatable bonds is 13. The van der Waals surface area contributed by atoms with Crippen LogP contribution in [-0.2, 0) is 0 Å². The van der Waals surface area contributed by atoms with E-state index in [2.05, 4.69) is 62.0 Å².